The summed E-state index contributed by atoms with van der Waals surface area (Å²) in [6.45, 7) is 4.24. The predicted molar refractivity (Wildman–Crippen MR) is 116 cm³/mol. The van der Waals surface area contributed by atoms with Crippen molar-refractivity contribution in [3.8, 4) is 11.3 Å². The number of hydrogen-bond acceptors (Lipinski definition) is 6. The number of carbonyl (C=O) groups excluding carboxylic acids is 1. The van der Waals surface area contributed by atoms with Crippen LogP contribution in [-0.2, 0) is 11.2 Å². The second kappa shape index (κ2) is 9.13. The van der Waals surface area contributed by atoms with Gasteiger partial charge in [-0.3, -0.25) is 4.79 Å². The van der Waals surface area contributed by atoms with Gasteiger partial charge in [-0.25, -0.2) is 15.0 Å². The van der Waals surface area contributed by atoms with Crippen molar-refractivity contribution in [1.82, 2.24) is 20.3 Å². The van der Waals surface area contributed by atoms with Crippen LogP contribution in [0.25, 0.3) is 11.3 Å². The lowest BCUT2D eigenvalue weighted by atomic mass is 9.97. The van der Waals surface area contributed by atoms with E-state index in [-0.39, 0.29) is 11.8 Å². The Hall–Kier alpha value is -2.80. The normalized spacial score (nSPS) is 16.6. The van der Waals surface area contributed by atoms with Gasteiger partial charge >= 0.3 is 0 Å². The summed E-state index contributed by atoms with van der Waals surface area (Å²) in [5, 5.41) is 6.26. The Bertz CT molecular complexity index is 941. The molecule has 0 spiro atoms. The third kappa shape index (κ3) is 4.98. The lowest BCUT2D eigenvalue weighted by Gasteiger charge is -2.31. The van der Waals surface area contributed by atoms with Gasteiger partial charge in [0, 0.05) is 43.0 Å². The molecule has 6 nitrogen and oxygen atoms in total. The van der Waals surface area contributed by atoms with Crippen LogP contribution in [0.5, 0.6) is 0 Å². The molecule has 1 aliphatic heterocycles. The van der Waals surface area contributed by atoms with E-state index in [0.717, 1.165) is 42.1 Å². The van der Waals surface area contributed by atoms with Crippen LogP contribution >= 0.6 is 11.3 Å². The molecule has 0 radical (unpaired) electrons. The number of thiazole rings is 1. The molecule has 29 heavy (non-hydrogen) atoms. The van der Waals surface area contributed by atoms with E-state index in [9.17, 15) is 4.79 Å². The Morgan fingerprint density at radius 3 is 2.76 bits per heavy atom. The molecule has 3 heterocycles. The van der Waals surface area contributed by atoms with E-state index in [0.29, 0.717) is 19.0 Å². The Labute approximate surface area is 175 Å². The highest BCUT2D eigenvalue weighted by molar-refractivity contribution is 7.09. The van der Waals surface area contributed by atoms with E-state index >= 15 is 0 Å². The topological polar surface area (TPSA) is 71.0 Å². The lowest BCUT2D eigenvalue weighted by molar-refractivity contribution is -0.125. The smallest absolute Gasteiger partial charge is 0.225 e. The summed E-state index contributed by atoms with van der Waals surface area (Å²) in [5.74, 6) is 0.823. The Morgan fingerprint density at radius 1 is 1.24 bits per heavy atom. The van der Waals surface area contributed by atoms with Gasteiger partial charge in [0.15, 0.2) is 0 Å². The minimum Gasteiger partial charge on any atom is -0.355 e. The summed E-state index contributed by atoms with van der Waals surface area (Å²) in [7, 11) is 0. The molecule has 1 unspecified atom stereocenters. The molecule has 3 aromatic rings. The maximum atomic E-state index is 12.6. The molecule has 1 amide bonds. The standard InChI is InChI=1S/C22H25N5OS/c1-16-26-20(15-29-16)18-7-5-17(6-8-18)9-12-23-21(28)19-4-2-13-27(14-19)22-24-10-3-11-25-22/h3,5-8,10-11,15,19H,2,4,9,12-14H2,1H3,(H,23,28). The number of aromatic nitrogens is 3. The van der Waals surface area contributed by atoms with Crippen molar-refractivity contribution in [3.05, 3.63) is 58.7 Å². The Morgan fingerprint density at radius 2 is 2.03 bits per heavy atom. The van der Waals surface area contributed by atoms with Gasteiger partial charge in [-0.05, 0) is 37.8 Å². The molecule has 0 saturated carbocycles. The molecule has 0 bridgehead atoms. The number of carbonyl (C=O) groups is 1. The molecule has 1 fully saturated rings. The first-order valence-electron chi connectivity index (χ1n) is 10.00. The third-order valence-corrected chi connectivity index (χ3v) is 5.98. The van der Waals surface area contributed by atoms with Crippen LogP contribution < -0.4 is 10.2 Å². The maximum Gasteiger partial charge on any atom is 0.225 e. The fraction of sp³-hybridized carbons (Fsp3) is 0.364. The zero-order valence-corrected chi connectivity index (χ0v) is 17.4. The van der Waals surface area contributed by atoms with Gasteiger partial charge in [-0.2, -0.15) is 0 Å². The van der Waals surface area contributed by atoms with Gasteiger partial charge in [-0.1, -0.05) is 24.3 Å². The monoisotopic (exact) mass is 407 g/mol. The molecule has 4 rings (SSSR count). The van der Waals surface area contributed by atoms with E-state index in [1.54, 1.807) is 23.7 Å². The summed E-state index contributed by atoms with van der Waals surface area (Å²) >= 11 is 1.66. The minimum atomic E-state index is -0.0113. The fourth-order valence-electron chi connectivity index (χ4n) is 3.64. The first-order valence-corrected chi connectivity index (χ1v) is 10.9. The molecule has 2 aromatic heterocycles. The number of aryl methyl sites for hydroxylation is 1. The molecule has 7 heteroatoms. The first-order chi connectivity index (χ1) is 14.2. The SMILES string of the molecule is Cc1nc(-c2ccc(CCNC(=O)C3CCCN(c4ncccn4)C3)cc2)cs1. The molecule has 1 aliphatic rings. The van der Waals surface area contributed by atoms with Crippen LogP contribution in [0.3, 0.4) is 0 Å². The predicted octanol–water partition coefficient (Wildman–Crippen LogP) is 3.48. The van der Waals surface area contributed by atoms with Crippen molar-refractivity contribution in [2.45, 2.75) is 26.2 Å². The molecular formula is C22H25N5OS. The van der Waals surface area contributed by atoms with Crippen molar-refractivity contribution in [3.63, 3.8) is 0 Å². The van der Waals surface area contributed by atoms with E-state index in [1.807, 2.05) is 13.0 Å². The largest absolute Gasteiger partial charge is 0.355 e. The van der Waals surface area contributed by atoms with Crippen molar-refractivity contribution >= 4 is 23.2 Å². The quantitative estimate of drug-likeness (QED) is 0.677. The van der Waals surface area contributed by atoms with Gasteiger partial charge in [0.05, 0.1) is 16.6 Å². The van der Waals surface area contributed by atoms with Crippen LogP contribution in [0.4, 0.5) is 5.95 Å². The highest BCUT2D eigenvalue weighted by Crippen LogP contribution is 2.22. The van der Waals surface area contributed by atoms with Gasteiger partial charge in [0.25, 0.3) is 0 Å². The first kappa shape index (κ1) is 19.5. The van der Waals surface area contributed by atoms with Crippen molar-refractivity contribution in [2.75, 3.05) is 24.5 Å². The maximum absolute atomic E-state index is 12.6. The molecule has 150 valence electrons. The molecule has 1 N–H and O–H groups in total. The van der Waals surface area contributed by atoms with Gasteiger partial charge in [0.1, 0.15) is 0 Å². The van der Waals surface area contributed by atoms with Gasteiger partial charge < -0.3 is 10.2 Å². The van der Waals surface area contributed by atoms with Crippen molar-refractivity contribution in [2.24, 2.45) is 5.92 Å². The number of hydrogen-bond donors (Lipinski definition) is 1. The number of amides is 1. The average Bonchev–Trinajstić information content (AvgIpc) is 3.21. The summed E-state index contributed by atoms with van der Waals surface area (Å²) in [6, 6.07) is 10.2. The summed E-state index contributed by atoms with van der Waals surface area (Å²) < 4.78 is 0. The van der Waals surface area contributed by atoms with Gasteiger partial charge in [-0.15, -0.1) is 11.3 Å². The van der Waals surface area contributed by atoms with Crippen LogP contribution in [0.2, 0.25) is 0 Å². The highest BCUT2D eigenvalue weighted by atomic mass is 32.1. The molecule has 1 atom stereocenters. The number of piperidine rings is 1. The third-order valence-electron chi connectivity index (χ3n) is 5.21. The lowest BCUT2D eigenvalue weighted by Crippen LogP contribution is -2.44. The zero-order chi connectivity index (χ0) is 20.1. The second-order valence-electron chi connectivity index (χ2n) is 7.32. The number of rotatable bonds is 6. The number of nitrogens with one attached hydrogen (secondary N) is 1. The van der Waals surface area contributed by atoms with Crippen molar-refractivity contribution < 1.29 is 4.79 Å². The number of benzene rings is 1. The Kier molecular flexibility index (Phi) is 6.14. The summed E-state index contributed by atoms with van der Waals surface area (Å²) in [6.07, 6.45) is 6.20. The molecule has 1 aromatic carbocycles. The number of anilines is 1. The van der Waals surface area contributed by atoms with Crippen molar-refractivity contribution in [1.29, 1.82) is 0 Å². The van der Waals surface area contributed by atoms with E-state index in [2.05, 4.69) is 54.8 Å². The van der Waals surface area contributed by atoms with Crippen LogP contribution in [0, 0.1) is 12.8 Å². The fourth-order valence-corrected chi connectivity index (χ4v) is 4.26. The van der Waals surface area contributed by atoms with Crippen LogP contribution in [0.15, 0.2) is 48.1 Å². The average molecular weight is 408 g/mol. The summed E-state index contributed by atoms with van der Waals surface area (Å²) in [5.41, 5.74) is 3.37. The molecular weight excluding hydrogens is 382 g/mol. The molecule has 1 saturated heterocycles. The van der Waals surface area contributed by atoms with E-state index in [1.165, 1.54) is 5.56 Å². The minimum absolute atomic E-state index is 0.0113. The van der Waals surface area contributed by atoms with Crippen LogP contribution in [0.1, 0.15) is 23.4 Å². The van der Waals surface area contributed by atoms with Crippen LogP contribution in [-0.4, -0.2) is 40.5 Å². The second-order valence-corrected chi connectivity index (χ2v) is 8.39. The molecule has 0 aliphatic carbocycles. The Balaban J connectivity index is 1.26. The summed E-state index contributed by atoms with van der Waals surface area (Å²) in [4.78, 5) is 27.9. The van der Waals surface area contributed by atoms with Gasteiger partial charge in [0.2, 0.25) is 11.9 Å². The highest BCUT2D eigenvalue weighted by Gasteiger charge is 2.26. The zero-order valence-electron chi connectivity index (χ0n) is 16.5. The van der Waals surface area contributed by atoms with E-state index in [4.69, 9.17) is 0 Å². The number of nitrogens with zero attached hydrogens (tertiary/aromatic N) is 4. The van der Waals surface area contributed by atoms with E-state index < -0.39 is 0 Å².